The number of para-hydroxylation sites is 1. The van der Waals surface area contributed by atoms with E-state index in [1.165, 1.54) is 0 Å². The molecule has 2 aromatic rings. The molecular weight excluding hydrogens is 242 g/mol. The molecule has 19 heavy (non-hydrogen) atoms. The summed E-state index contributed by atoms with van der Waals surface area (Å²) in [6.45, 7) is 4.51. The quantitative estimate of drug-likeness (QED) is 0.893. The minimum atomic E-state index is -1.19. The number of aryl methyl sites for hydroxylation is 1. The Morgan fingerprint density at radius 1 is 1.37 bits per heavy atom. The zero-order valence-electron chi connectivity index (χ0n) is 11.5. The van der Waals surface area contributed by atoms with E-state index in [2.05, 4.69) is 17.2 Å². The zero-order chi connectivity index (χ0) is 13.9. The van der Waals surface area contributed by atoms with E-state index in [4.69, 9.17) is 4.74 Å². The molecule has 1 aromatic heterocycles. The van der Waals surface area contributed by atoms with Gasteiger partial charge in [-0.3, -0.25) is 0 Å². The molecule has 0 aliphatic rings. The van der Waals surface area contributed by atoms with Crippen LogP contribution in [0.4, 0.5) is 0 Å². The second-order valence-corrected chi connectivity index (χ2v) is 4.61. The van der Waals surface area contributed by atoms with Crippen molar-refractivity contribution in [3.05, 3.63) is 41.7 Å². The average Bonchev–Trinajstić information content (AvgIpc) is 2.88. The van der Waals surface area contributed by atoms with E-state index in [-0.39, 0.29) is 0 Å². The van der Waals surface area contributed by atoms with Crippen LogP contribution >= 0.6 is 0 Å². The number of benzene rings is 1. The molecule has 0 saturated heterocycles. The predicted octanol–water partition coefficient (Wildman–Crippen LogP) is 1.95. The Morgan fingerprint density at radius 2 is 2.11 bits per heavy atom. The van der Waals surface area contributed by atoms with Gasteiger partial charge < -0.3 is 9.84 Å². The molecule has 1 atom stereocenters. The van der Waals surface area contributed by atoms with E-state index in [1.807, 2.05) is 24.3 Å². The van der Waals surface area contributed by atoms with Gasteiger partial charge in [-0.2, -0.15) is 0 Å². The first kappa shape index (κ1) is 13.5. The smallest absolute Gasteiger partial charge is 0.133 e. The molecule has 0 radical (unpaired) electrons. The number of nitrogens with zero attached hydrogens (tertiary/aromatic N) is 3. The first-order valence-electron chi connectivity index (χ1n) is 6.36. The highest BCUT2D eigenvalue weighted by atomic mass is 16.5. The third-order valence-electron chi connectivity index (χ3n) is 3.18. The summed E-state index contributed by atoms with van der Waals surface area (Å²) < 4.78 is 7.05. The normalized spacial score (nSPS) is 14.1. The molecule has 1 N–H and O–H groups in total. The Labute approximate surface area is 112 Å². The highest BCUT2D eigenvalue weighted by Crippen LogP contribution is 2.34. The van der Waals surface area contributed by atoms with Crippen molar-refractivity contribution >= 4 is 0 Å². The van der Waals surface area contributed by atoms with Gasteiger partial charge in [0.15, 0.2) is 0 Å². The molecule has 5 heteroatoms. The van der Waals surface area contributed by atoms with Crippen molar-refractivity contribution in [1.29, 1.82) is 0 Å². The molecule has 1 heterocycles. The molecule has 0 spiro atoms. The Hall–Kier alpha value is -1.88. The van der Waals surface area contributed by atoms with Gasteiger partial charge in [0, 0.05) is 12.1 Å². The van der Waals surface area contributed by atoms with Crippen molar-refractivity contribution in [2.24, 2.45) is 0 Å². The van der Waals surface area contributed by atoms with E-state index in [0.717, 1.165) is 13.0 Å². The maximum Gasteiger partial charge on any atom is 0.133 e. The monoisotopic (exact) mass is 261 g/mol. The summed E-state index contributed by atoms with van der Waals surface area (Å²) in [6, 6.07) is 7.43. The van der Waals surface area contributed by atoms with E-state index in [9.17, 15) is 5.11 Å². The van der Waals surface area contributed by atoms with Crippen LogP contribution in [0.1, 0.15) is 31.5 Å². The van der Waals surface area contributed by atoms with Gasteiger partial charge in [0.1, 0.15) is 11.4 Å². The van der Waals surface area contributed by atoms with Gasteiger partial charge in [-0.05, 0) is 19.4 Å². The Bertz CT molecular complexity index is 549. The summed E-state index contributed by atoms with van der Waals surface area (Å²) in [4.78, 5) is 0. The lowest BCUT2D eigenvalue weighted by Gasteiger charge is -2.25. The molecule has 2 rings (SSSR count). The summed E-state index contributed by atoms with van der Waals surface area (Å²) in [5.74, 6) is 0.650. The minimum absolute atomic E-state index is 0.650. The van der Waals surface area contributed by atoms with Crippen molar-refractivity contribution in [3.8, 4) is 5.75 Å². The van der Waals surface area contributed by atoms with E-state index < -0.39 is 5.60 Å². The topological polar surface area (TPSA) is 60.2 Å². The van der Waals surface area contributed by atoms with Gasteiger partial charge in [-0.25, -0.2) is 4.68 Å². The third-order valence-corrected chi connectivity index (χ3v) is 3.18. The van der Waals surface area contributed by atoms with Gasteiger partial charge in [-0.1, -0.05) is 30.3 Å². The van der Waals surface area contributed by atoms with E-state index in [0.29, 0.717) is 17.0 Å². The van der Waals surface area contributed by atoms with Crippen LogP contribution < -0.4 is 4.74 Å². The van der Waals surface area contributed by atoms with Gasteiger partial charge in [0.05, 0.1) is 19.0 Å². The third kappa shape index (κ3) is 2.46. The number of methoxy groups -OCH3 is 1. The Balaban J connectivity index is 2.49. The van der Waals surface area contributed by atoms with Crippen molar-refractivity contribution in [3.63, 3.8) is 0 Å². The van der Waals surface area contributed by atoms with Crippen LogP contribution in [0.5, 0.6) is 5.75 Å². The van der Waals surface area contributed by atoms with E-state index >= 15 is 0 Å². The molecule has 0 fully saturated rings. The molecule has 1 aromatic carbocycles. The van der Waals surface area contributed by atoms with Crippen molar-refractivity contribution in [2.45, 2.75) is 32.4 Å². The Kier molecular flexibility index (Phi) is 3.85. The van der Waals surface area contributed by atoms with Crippen LogP contribution in [-0.2, 0) is 12.1 Å². The average molecular weight is 261 g/mol. The second-order valence-electron chi connectivity index (χ2n) is 4.61. The van der Waals surface area contributed by atoms with Gasteiger partial charge in [-0.15, -0.1) is 5.10 Å². The summed E-state index contributed by atoms with van der Waals surface area (Å²) in [7, 11) is 1.59. The fraction of sp³-hybridized carbons (Fsp3) is 0.429. The molecule has 0 aliphatic carbocycles. The van der Waals surface area contributed by atoms with E-state index in [1.54, 1.807) is 24.9 Å². The SMILES string of the molecule is CCCn1nncc1C(C)(O)c1ccccc1OC. The van der Waals surface area contributed by atoms with Gasteiger partial charge in [0.25, 0.3) is 0 Å². The summed E-state index contributed by atoms with van der Waals surface area (Å²) in [6.07, 6.45) is 2.53. The second kappa shape index (κ2) is 5.40. The fourth-order valence-corrected chi connectivity index (χ4v) is 2.20. The molecular formula is C14H19N3O2. The molecule has 1 unspecified atom stereocenters. The maximum absolute atomic E-state index is 10.9. The highest BCUT2D eigenvalue weighted by molar-refractivity contribution is 5.41. The van der Waals surface area contributed by atoms with Crippen molar-refractivity contribution in [2.75, 3.05) is 7.11 Å². The molecule has 0 aliphatic heterocycles. The van der Waals surface area contributed by atoms with Crippen LogP contribution in [0.3, 0.4) is 0 Å². The predicted molar refractivity (Wildman–Crippen MR) is 72.0 cm³/mol. The van der Waals surface area contributed by atoms with Crippen LogP contribution in [-0.4, -0.2) is 27.2 Å². The molecule has 0 saturated carbocycles. The highest BCUT2D eigenvalue weighted by Gasteiger charge is 2.32. The van der Waals surface area contributed by atoms with Crippen molar-refractivity contribution < 1.29 is 9.84 Å². The Morgan fingerprint density at radius 3 is 2.79 bits per heavy atom. The summed E-state index contributed by atoms with van der Waals surface area (Å²) in [5.41, 5.74) is 0.182. The van der Waals surface area contributed by atoms with Crippen molar-refractivity contribution in [1.82, 2.24) is 15.0 Å². The number of rotatable bonds is 5. The molecule has 0 bridgehead atoms. The van der Waals surface area contributed by atoms with Crippen LogP contribution in [0.15, 0.2) is 30.5 Å². The molecule has 5 nitrogen and oxygen atoms in total. The number of aliphatic hydroxyl groups is 1. The fourth-order valence-electron chi connectivity index (χ4n) is 2.20. The zero-order valence-corrected chi connectivity index (χ0v) is 11.5. The van der Waals surface area contributed by atoms with Crippen LogP contribution in [0, 0.1) is 0 Å². The summed E-state index contributed by atoms with van der Waals surface area (Å²) in [5, 5.41) is 18.8. The molecule has 102 valence electrons. The first-order chi connectivity index (χ1) is 9.11. The van der Waals surface area contributed by atoms with Gasteiger partial charge in [0.2, 0.25) is 0 Å². The largest absolute Gasteiger partial charge is 0.496 e. The van der Waals surface area contributed by atoms with Crippen LogP contribution in [0.2, 0.25) is 0 Å². The summed E-state index contributed by atoms with van der Waals surface area (Å²) >= 11 is 0. The minimum Gasteiger partial charge on any atom is -0.496 e. The van der Waals surface area contributed by atoms with Crippen LogP contribution in [0.25, 0.3) is 0 Å². The molecule has 0 amide bonds. The number of hydrogen-bond donors (Lipinski definition) is 1. The number of hydrogen-bond acceptors (Lipinski definition) is 4. The number of ether oxygens (including phenoxy) is 1. The maximum atomic E-state index is 10.9. The lowest BCUT2D eigenvalue weighted by Crippen LogP contribution is -2.27. The standard InChI is InChI=1S/C14H19N3O2/c1-4-9-17-13(10-15-16-17)14(2,18)11-7-5-6-8-12(11)19-3/h5-8,10,18H,4,9H2,1-3H3. The number of aromatic nitrogens is 3. The van der Waals surface area contributed by atoms with Gasteiger partial charge >= 0.3 is 0 Å². The first-order valence-corrected chi connectivity index (χ1v) is 6.36. The lowest BCUT2D eigenvalue weighted by molar-refractivity contribution is 0.0883. The lowest BCUT2D eigenvalue weighted by atomic mass is 9.92.